The van der Waals surface area contributed by atoms with Crippen molar-refractivity contribution >= 4 is 31.7 Å². The largest absolute Gasteiger partial charge is 0.437 e. The summed E-state index contributed by atoms with van der Waals surface area (Å²) < 4.78 is 95.6. The Kier molecular flexibility index (Phi) is 12.6. The molecule has 0 aliphatic rings. The highest BCUT2D eigenvalue weighted by molar-refractivity contribution is 7.86. The van der Waals surface area contributed by atoms with Crippen molar-refractivity contribution < 1.29 is 38.6 Å². The van der Waals surface area contributed by atoms with Gasteiger partial charge in [0, 0.05) is 5.56 Å². The minimum Gasteiger partial charge on any atom is -0.268 e. The van der Waals surface area contributed by atoms with Crippen molar-refractivity contribution in [2.45, 2.75) is 71.9 Å². The van der Waals surface area contributed by atoms with Crippen molar-refractivity contribution in [3.8, 4) is 0 Å². The number of hydrogen-bond donors (Lipinski definition) is 0. The van der Waals surface area contributed by atoms with Crippen molar-refractivity contribution in [2.24, 2.45) is 10.3 Å². The van der Waals surface area contributed by atoms with Crippen molar-refractivity contribution in [3.63, 3.8) is 0 Å². The molecule has 0 fully saturated rings. The molecule has 2 rings (SSSR count). The van der Waals surface area contributed by atoms with E-state index in [0.29, 0.717) is 18.6 Å². The predicted molar refractivity (Wildman–Crippen MR) is 149 cm³/mol. The van der Waals surface area contributed by atoms with Crippen LogP contribution < -0.4 is 0 Å². The van der Waals surface area contributed by atoms with Gasteiger partial charge in [-0.15, -0.1) is 0 Å². The fraction of sp³-hybridized carbons (Fsp3) is 0.481. The first-order chi connectivity index (χ1) is 18.8. The zero-order chi connectivity index (χ0) is 29.8. The van der Waals surface area contributed by atoms with Crippen molar-refractivity contribution in [1.29, 1.82) is 0 Å². The Morgan fingerprint density at radius 1 is 0.700 bits per heavy atom. The van der Waals surface area contributed by atoms with Gasteiger partial charge < -0.3 is 0 Å². The van der Waals surface area contributed by atoms with Gasteiger partial charge in [0.15, 0.2) is 5.71 Å². The number of halogens is 3. The van der Waals surface area contributed by atoms with Crippen LogP contribution in [-0.2, 0) is 41.6 Å². The number of nitrogens with zero attached hydrogens (tertiary/aromatic N) is 2. The molecule has 0 amide bonds. The topological polar surface area (TPSA) is 111 Å². The average Bonchev–Trinajstić information content (AvgIpc) is 2.87. The first-order valence-electron chi connectivity index (χ1n) is 13.0. The average molecular weight is 605 g/mol. The molecule has 2 aromatic carbocycles. The van der Waals surface area contributed by atoms with E-state index < -0.39 is 37.9 Å². The number of benzene rings is 2. The number of aryl methyl sites for hydroxylation is 2. The van der Waals surface area contributed by atoms with Gasteiger partial charge in [-0.1, -0.05) is 79.1 Å². The summed E-state index contributed by atoms with van der Waals surface area (Å²) in [6.45, 7) is 4.98. The Morgan fingerprint density at radius 3 is 1.55 bits per heavy atom. The van der Waals surface area contributed by atoms with Crippen LogP contribution in [0.4, 0.5) is 13.2 Å². The number of unbranched alkanes of at least 4 members (excludes halogenated alkanes) is 2. The minimum absolute atomic E-state index is 0.0925. The molecule has 0 aromatic heterocycles. The van der Waals surface area contributed by atoms with Crippen LogP contribution in [0.1, 0.15) is 75.1 Å². The van der Waals surface area contributed by atoms with Crippen LogP contribution in [0, 0.1) is 0 Å². The lowest BCUT2D eigenvalue weighted by atomic mass is 10.0. The molecule has 8 nitrogen and oxygen atoms in total. The third kappa shape index (κ3) is 11.7. The normalized spacial score (nSPS) is 13.3. The lowest BCUT2D eigenvalue weighted by Gasteiger charge is -2.11. The molecule has 0 spiro atoms. The van der Waals surface area contributed by atoms with E-state index in [1.165, 1.54) is 12.1 Å². The number of hydrogen-bond acceptors (Lipinski definition) is 8. The molecule has 0 saturated carbocycles. The number of oxime groups is 2. The molecule has 222 valence electrons. The lowest BCUT2D eigenvalue weighted by molar-refractivity contribution is -0.0597. The maximum Gasteiger partial charge on any atom is 0.437 e. The van der Waals surface area contributed by atoms with E-state index in [2.05, 4.69) is 18.9 Å². The van der Waals surface area contributed by atoms with Crippen LogP contribution in [0.2, 0.25) is 0 Å². The first kappa shape index (κ1) is 33.3. The maximum atomic E-state index is 13.4. The molecule has 13 heteroatoms. The summed E-state index contributed by atoms with van der Waals surface area (Å²) in [7, 11) is -7.84. The molecule has 0 atom stereocenters. The van der Waals surface area contributed by atoms with E-state index in [-0.39, 0.29) is 17.7 Å². The fourth-order valence-corrected chi connectivity index (χ4v) is 5.24. The van der Waals surface area contributed by atoms with Crippen LogP contribution in [0.25, 0.3) is 0 Å². The van der Waals surface area contributed by atoms with Crippen LogP contribution in [0.3, 0.4) is 0 Å². The van der Waals surface area contributed by atoms with Gasteiger partial charge in [-0.05, 0) is 62.1 Å². The second-order valence-electron chi connectivity index (χ2n) is 9.24. The van der Waals surface area contributed by atoms with E-state index in [9.17, 15) is 30.0 Å². The van der Waals surface area contributed by atoms with Crippen LogP contribution in [-0.4, -0.2) is 45.9 Å². The molecule has 2 aromatic rings. The van der Waals surface area contributed by atoms with E-state index in [0.717, 1.165) is 42.4 Å². The summed E-state index contributed by atoms with van der Waals surface area (Å²) in [5.74, 6) is -0.520. The molecule has 0 bridgehead atoms. The molecule has 0 radical (unpaired) electrons. The van der Waals surface area contributed by atoms with Gasteiger partial charge in [0.25, 0.3) is 0 Å². The van der Waals surface area contributed by atoms with Gasteiger partial charge in [-0.2, -0.15) is 30.0 Å². The molecule has 40 heavy (non-hydrogen) atoms. The number of rotatable bonds is 16. The molecule has 0 aliphatic heterocycles. The molecule has 0 N–H and O–H groups in total. The smallest absolute Gasteiger partial charge is 0.268 e. The van der Waals surface area contributed by atoms with Gasteiger partial charge in [0.05, 0.1) is 17.2 Å². The Balaban J connectivity index is 1.85. The van der Waals surface area contributed by atoms with E-state index in [4.69, 9.17) is 0 Å². The SMILES string of the molecule is CCCS(=O)(=O)O/N=C(/c1ccc(CCCCCc2ccc(/C(C)=N/OS(=O)(=O)CCC)cc2)cc1)C(F)(F)F. The third-order valence-electron chi connectivity index (χ3n) is 5.74. The van der Waals surface area contributed by atoms with Gasteiger partial charge in [-0.3, -0.25) is 8.57 Å². The summed E-state index contributed by atoms with van der Waals surface area (Å²) in [5, 5.41) is 6.63. The van der Waals surface area contributed by atoms with Gasteiger partial charge in [-0.25, -0.2) is 0 Å². The zero-order valence-electron chi connectivity index (χ0n) is 22.8. The highest BCUT2D eigenvalue weighted by Crippen LogP contribution is 2.24. The van der Waals surface area contributed by atoms with Crippen molar-refractivity contribution in [3.05, 3.63) is 70.8 Å². The Morgan fingerprint density at radius 2 is 1.12 bits per heavy atom. The quantitative estimate of drug-likeness (QED) is 0.129. The summed E-state index contributed by atoms with van der Waals surface area (Å²) in [6, 6.07) is 13.3. The highest BCUT2D eigenvalue weighted by Gasteiger charge is 2.38. The standard InChI is InChI=1S/C27H35F3N2O6S2/c1-4-19-39(33,34)37-31-21(3)24-15-11-22(12-16-24)9-7-6-8-10-23-13-17-25(18-14-23)26(27(28,29)30)32-38-40(35,36)20-5-2/h11-18H,4-10,19-20H2,1-3H3/b31-21+,32-26-. The molecule has 0 aliphatic carbocycles. The Bertz CT molecular complexity index is 1350. The first-order valence-corrected chi connectivity index (χ1v) is 16.1. The van der Waals surface area contributed by atoms with E-state index in [1.54, 1.807) is 32.9 Å². The maximum absolute atomic E-state index is 13.4. The summed E-state index contributed by atoms with van der Waals surface area (Å²) >= 11 is 0. The van der Waals surface area contributed by atoms with Crippen molar-refractivity contribution in [2.75, 3.05) is 11.5 Å². The van der Waals surface area contributed by atoms with Crippen LogP contribution in [0.5, 0.6) is 0 Å². The molecular formula is C27H35F3N2O6S2. The van der Waals surface area contributed by atoms with Crippen LogP contribution >= 0.6 is 0 Å². The molecular weight excluding hydrogens is 569 g/mol. The second-order valence-corrected chi connectivity index (χ2v) is 12.6. The van der Waals surface area contributed by atoms with E-state index in [1.807, 2.05) is 24.3 Å². The third-order valence-corrected chi connectivity index (χ3v) is 8.16. The molecule has 0 unspecified atom stereocenters. The van der Waals surface area contributed by atoms with Crippen LogP contribution in [0.15, 0.2) is 58.8 Å². The Hall–Kier alpha value is -2.93. The van der Waals surface area contributed by atoms with Gasteiger partial charge in [0.2, 0.25) is 0 Å². The zero-order valence-corrected chi connectivity index (χ0v) is 24.4. The van der Waals surface area contributed by atoms with Gasteiger partial charge >= 0.3 is 26.4 Å². The highest BCUT2D eigenvalue weighted by atomic mass is 32.2. The van der Waals surface area contributed by atoms with Crippen molar-refractivity contribution in [1.82, 2.24) is 0 Å². The summed E-state index contributed by atoms with van der Waals surface area (Å²) in [5.41, 5.74) is 1.50. The summed E-state index contributed by atoms with van der Waals surface area (Å²) in [4.78, 5) is 0. The second kappa shape index (κ2) is 15.2. The fourth-order valence-electron chi connectivity index (χ4n) is 3.68. The molecule has 0 saturated heterocycles. The minimum atomic E-state index is -4.88. The van der Waals surface area contributed by atoms with Gasteiger partial charge in [0.1, 0.15) is 0 Å². The lowest BCUT2D eigenvalue weighted by Crippen LogP contribution is -2.25. The predicted octanol–water partition coefficient (Wildman–Crippen LogP) is 6.15. The molecule has 0 heterocycles. The summed E-state index contributed by atoms with van der Waals surface area (Å²) in [6.07, 6.45) is -0.0654. The Labute approximate surface area is 234 Å². The number of alkyl halides is 3. The van der Waals surface area contributed by atoms with E-state index >= 15 is 0 Å². The monoisotopic (exact) mass is 604 g/mol.